The van der Waals surface area contributed by atoms with Crippen LogP contribution in [-0.4, -0.2) is 30.0 Å². The zero-order chi connectivity index (χ0) is 30.9. The highest BCUT2D eigenvalue weighted by molar-refractivity contribution is 6.30. The van der Waals surface area contributed by atoms with E-state index in [4.69, 9.17) is 16.3 Å². The molecular formula is C37H51ClN2O3. The normalized spacial score (nSPS) is 11.4. The Hall–Kier alpha value is -3.05. The molecule has 3 aromatic rings. The molecule has 0 unspecified atom stereocenters. The third-order valence-corrected chi connectivity index (χ3v) is 8.44. The summed E-state index contributed by atoms with van der Waals surface area (Å²) in [7, 11) is 1.62. The minimum atomic E-state index is -0.153. The van der Waals surface area contributed by atoms with Crippen LogP contribution in [0.4, 0.5) is 0 Å². The second-order valence-corrected chi connectivity index (χ2v) is 12.0. The summed E-state index contributed by atoms with van der Waals surface area (Å²) in [6.45, 7) is 4.83. The molecule has 0 bridgehead atoms. The van der Waals surface area contributed by atoms with E-state index in [1.165, 1.54) is 77.0 Å². The Labute approximate surface area is 264 Å². The first kappa shape index (κ1) is 34.4. The Morgan fingerprint density at radius 2 is 1.44 bits per heavy atom. The van der Waals surface area contributed by atoms with Gasteiger partial charge in [-0.2, -0.15) is 0 Å². The second kappa shape index (κ2) is 19.3. The molecule has 0 spiro atoms. The largest absolute Gasteiger partial charge is 0.497 e. The Bertz CT molecular complexity index is 1310. The van der Waals surface area contributed by atoms with Crippen molar-refractivity contribution in [3.05, 3.63) is 76.5 Å². The highest BCUT2D eigenvalue weighted by atomic mass is 35.5. The zero-order valence-electron chi connectivity index (χ0n) is 26.6. The van der Waals surface area contributed by atoms with Crippen molar-refractivity contribution in [2.75, 3.05) is 13.7 Å². The number of aromatic nitrogens is 1. The lowest BCUT2D eigenvalue weighted by Gasteiger charge is -2.08. The Morgan fingerprint density at radius 1 is 0.837 bits per heavy atom. The quantitative estimate of drug-likeness (QED) is 0.103. The maximum atomic E-state index is 13.5. The van der Waals surface area contributed by atoms with Gasteiger partial charge in [0.25, 0.3) is 5.91 Å². The fraction of sp³-hybridized carbons (Fsp3) is 0.514. The molecule has 0 aliphatic carbocycles. The average Bonchev–Trinajstić information content (AvgIpc) is 3.28. The SMILES string of the molecule is CCCCCCCCC=CCCCCCCCCNC(=O)Cc1c(C)n(C(=O)c2ccc(Cl)cc2)c2ccc(OC)cc12. The third kappa shape index (κ3) is 11.2. The van der Waals surface area contributed by atoms with Crippen LogP contribution in [0.2, 0.25) is 5.02 Å². The first-order valence-electron chi connectivity index (χ1n) is 16.4. The van der Waals surface area contributed by atoms with Gasteiger partial charge in [0.1, 0.15) is 5.75 Å². The first-order valence-corrected chi connectivity index (χ1v) is 16.7. The maximum Gasteiger partial charge on any atom is 0.262 e. The van der Waals surface area contributed by atoms with Crippen LogP contribution in [0.25, 0.3) is 10.9 Å². The van der Waals surface area contributed by atoms with E-state index in [1.807, 2.05) is 25.1 Å². The number of unbranched alkanes of at least 4 members (excludes halogenated alkanes) is 12. The smallest absolute Gasteiger partial charge is 0.262 e. The molecule has 1 aromatic heterocycles. The summed E-state index contributed by atoms with van der Waals surface area (Å²) in [5, 5.41) is 4.52. The van der Waals surface area contributed by atoms with Crippen molar-refractivity contribution in [2.24, 2.45) is 0 Å². The van der Waals surface area contributed by atoms with Crippen LogP contribution < -0.4 is 10.1 Å². The molecule has 1 amide bonds. The summed E-state index contributed by atoms with van der Waals surface area (Å²) in [5.74, 6) is 0.506. The number of hydrogen-bond acceptors (Lipinski definition) is 3. The predicted octanol–water partition coefficient (Wildman–Crippen LogP) is 10.00. The molecule has 0 fully saturated rings. The molecule has 0 saturated carbocycles. The third-order valence-electron chi connectivity index (χ3n) is 8.18. The minimum absolute atomic E-state index is 0.0309. The summed E-state index contributed by atoms with van der Waals surface area (Å²) in [6.07, 6.45) is 22.7. The minimum Gasteiger partial charge on any atom is -0.497 e. The average molecular weight is 607 g/mol. The van der Waals surface area contributed by atoms with E-state index in [0.29, 0.717) is 22.9 Å². The van der Waals surface area contributed by atoms with E-state index in [-0.39, 0.29) is 18.2 Å². The summed E-state index contributed by atoms with van der Waals surface area (Å²) < 4.78 is 7.13. The molecule has 0 radical (unpaired) electrons. The molecule has 0 aliphatic rings. The number of hydrogen-bond donors (Lipinski definition) is 1. The number of amides is 1. The summed E-state index contributed by atoms with van der Waals surface area (Å²) in [5.41, 5.74) is 2.90. The van der Waals surface area contributed by atoms with Crippen molar-refractivity contribution in [2.45, 2.75) is 110 Å². The fourth-order valence-corrected chi connectivity index (χ4v) is 5.75. The van der Waals surface area contributed by atoms with Crippen LogP contribution in [0, 0.1) is 6.92 Å². The van der Waals surface area contributed by atoms with E-state index in [1.54, 1.807) is 35.9 Å². The van der Waals surface area contributed by atoms with Gasteiger partial charge in [-0.25, -0.2) is 0 Å². The molecule has 5 nitrogen and oxygen atoms in total. The number of nitrogens with one attached hydrogen (secondary N) is 1. The number of carbonyl (C=O) groups excluding carboxylic acids is 2. The number of fused-ring (bicyclic) bond motifs is 1. The van der Waals surface area contributed by atoms with Gasteiger partial charge in [-0.1, -0.05) is 88.5 Å². The molecular weight excluding hydrogens is 556 g/mol. The monoisotopic (exact) mass is 606 g/mol. The van der Waals surface area contributed by atoms with Crippen molar-refractivity contribution in [1.82, 2.24) is 9.88 Å². The van der Waals surface area contributed by atoms with Gasteiger partial charge in [-0.3, -0.25) is 14.2 Å². The number of ether oxygens (including phenoxy) is 1. The van der Waals surface area contributed by atoms with Crippen LogP contribution in [0.15, 0.2) is 54.6 Å². The van der Waals surface area contributed by atoms with Crippen molar-refractivity contribution in [3.8, 4) is 5.75 Å². The molecule has 0 atom stereocenters. The van der Waals surface area contributed by atoms with Crippen LogP contribution in [0.1, 0.15) is 118 Å². The van der Waals surface area contributed by atoms with Crippen molar-refractivity contribution in [1.29, 1.82) is 0 Å². The lowest BCUT2D eigenvalue weighted by Crippen LogP contribution is -2.26. The molecule has 0 aliphatic heterocycles. The Kier molecular flexibility index (Phi) is 15.4. The number of methoxy groups -OCH3 is 1. The zero-order valence-corrected chi connectivity index (χ0v) is 27.3. The van der Waals surface area contributed by atoms with Gasteiger partial charge in [0.15, 0.2) is 0 Å². The number of rotatable bonds is 20. The van der Waals surface area contributed by atoms with E-state index in [9.17, 15) is 9.59 Å². The molecule has 1 N–H and O–H groups in total. The molecule has 1 heterocycles. The lowest BCUT2D eigenvalue weighted by molar-refractivity contribution is -0.120. The Balaban J connectivity index is 1.39. The van der Waals surface area contributed by atoms with Crippen molar-refractivity contribution >= 4 is 34.3 Å². The molecule has 43 heavy (non-hydrogen) atoms. The van der Waals surface area contributed by atoms with Crippen LogP contribution in [0.5, 0.6) is 5.75 Å². The molecule has 234 valence electrons. The number of benzene rings is 2. The van der Waals surface area contributed by atoms with E-state index >= 15 is 0 Å². The van der Waals surface area contributed by atoms with Gasteiger partial charge in [0.05, 0.1) is 19.0 Å². The standard InChI is InChI=1S/C37H51ClN2O3/c1-4-5-6-7-8-9-10-11-12-13-14-15-16-17-18-19-26-39-36(41)28-33-29(2)40(35-25-24-32(43-3)27-34(33)35)37(42)30-20-22-31(38)23-21-30/h11-12,20-25,27H,4-10,13-19,26,28H2,1-3H3,(H,39,41). The van der Waals surface area contributed by atoms with Crippen LogP contribution in [0.3, 0.4) is 0 Å². The second-order valence-electron chi connectivity index (χ2n) is 11.6. The van der Waals surface area contributed by atoms with E-state index in [2.05, 4.69) is 24.4 Å². The number of allylic oxidation sites excluding steroid dienone is 2. The van der Waals surface area contributed by atoms with E-state index < -0.39 is 0 Å². The van der Waals surface area contributed by atoms with E-state index in [0.717, 1.165) is 35.0 Å². The molecule has 0 saturated heterocycles. The summed E-state index contributed by atoms with van der Waals surface area (Å²) in [6, 6.07) is 12.5. The number of halogens is 1. The number of carbonyl (C=O) groups is 2. The molecule has 2 aromatic carbocycles. The van der Waals surface area contributed by atoms with Crippen LogP contribution >= 0.6 is 11.6 Å². The first-order chi connectivity index (χ1) is 21.0. The summed E-state index contributed by atoms with van der Waals surface area (Å²) in [4.78, 5) is 26.4. The van der Waals surface area contributed by atoms with Gasteiger partial charge in [0, 0.05) is 28.2 Å². The molecule has 6 heteroatoms. The molecule has 3 rings (SSSR count). The van der Waals surface area contributed by atoms with Crippen molar-refractivity contribution < 1.29 is 14.3 Å². The highest BCUT2D eigenvalue weighted by Gasteiger charge is 2.22. The van der Waals surface area contributed by atoms with Gasteiger partial charge in [0.2, 0.25) is 5.91 Å². The lowest BCUT2D eigenvalue weighted by atomic mass is 10.1. The fourth-order valence-electron chi connectivity index (χ4n) is 5.62. The predicted molar refractivity (Wildman–Crippen MR) is 181 cm³/mol. The summed E-state index contributed by atoms with van der Waals surface area (Å²) >= 11 is 6.03. The maximum absolute atomic E-state index is 13.5. The van der Waals surface area contributed by atoms with Gasteiger partial charge in [-0.15, -0.1) is 0 Å². The Morgan fingerprint density at radius 3 is 2.07 bits per heavy atom. The van der Waals surface area contributed by atoms with Gasteiger partial charge >= 0.3 is 0 Å². The van der Waals surface area contributed by atoms with Gasteiger partial charge in [-0.05, 0) is 87.1 Å². The van der Waals surface area contributed by atoms with Crippen molar-refractivity contribution in [3.63, 3.8) is 0 Å². The van der Waals surface area contributed by atoms with Gasteiger partial charge < -0.3 is 10.1 Å². The number of nitrogens with zero attached hydrogens (tertiary/aromatic N) is 1. The van der Waals surface area contributed by atoms with Crippen LogP contribution in [-0.2, 0) is 11.2 Å². The topological polar surface area (TPSA) is 60.3 Å². The highest BCUT2D eigenvalue weighted by Crippen LogP contribution is 2.31.